The highest BCUT2D eigenvalue weighted by atomic mass is 16.5. The molecule has 208 valence electrons. The van der Waals surface area contributed by atoms with Crippen LogP contribution in [0.25, 0.3) is 10.8 Å². The van der Waals surface area contributed by atoms with Crippen molar-refractivity contribution in [1.82, 2.24) is 5.43 Å². The number of amides is 1. The number of unbranched alkanes of at least 4 members (excludes halogenated alkanes) is 10. The molecule has 0 saturated heterocycles. The van der Waals surface area contributed by atoms with Crippen LogP contribution in [0.3, 0.4) is 0 Å². The summed E-state index contributed by atoms with van der Waals surface area (Å²) in [5.41, 5.74) is 3.67. The Balaban J connectivity index is 1.49. The van der Waals surface area contributed by atoms with Crippen LogP contribution in [0.4, 0.5) is 0 Å². The van der Waals surface area contributed by atoms with Gasteiger partial charge < -0.3 is 9.47 Å². The summed E-state index contributed by atoms with van der Waals surface area (Å²) < 4.78 is 10.9. The van der Waals surface area contributed by atoms with Crippen LogP contribution in [0.15, 0.2) is 65.8 Å². The monoisotopic (exact) mass is 530 g/mol. The van der Waals surface area contributed by atoms with Crippen LogP contribution >= 0.6 is 0 Å². The number of fused-ring (bicyclic) bond motifs is 1. The first-order valence-corrected chi connectivity index (χ1v) is 14.3. The van der Waals surface area contributed by atoms with E-state index < -0.39 is 5.97 Å². The first-order valence-electron chi connectivity index (χ1n) is 14.3. The Morgan fingerprint density at radius 3 is 2.10 bits per heavy atom. The van der Waals surface area contributed by atoms with E-state index in [9.17, 15) is 9.59 Å². The summed E-state index contributed by atoms with van der Waals surface area (Å²) in [6.45, 7) is 2.25. The van der Waals surface area contributed by atoms with Gasteiger partial charge in [-0.15, -0.1) is 0 Å². The van der Waals surface area contributed by atoms with E-state index in [1.807, 2.05) is 30.3 Å². The number of nitrogens with zero attached hydrogens (tertiary/aromatic N) is 1. The first kappa shape index (κ1) is 29.9. The van der Waals surface area contributed by atoms with Gasteiger partial charge >= 0.3 is 5.97 Å². The number of carbonyl (C=O) groups is 2. The Labute approximate surface area is 232 Å². The number of rotatable bonds is 17. The first-order chi connectivity index (χ1) is 19.1. The molecule has 0 unspecified atom stereocenters. The molecular weight excluding hydrogens is 488 g/mol. The van der Waals surface area contributed by atoms with Crippen LogP contribution in [0.2, 0.25) is 0 Å². The number of ether oxygens (including phenoxy) is 2. The van der Waals surface area contributed by atoms with Crippen LogP contribution in [-0.4, -0.2) is 25.2 Å². The smallest absolute Gasteiger partial charge is 0.343 e. The van der Waals surface area contributed by atoms with E-state index in [1.54, 1.807) is 43.7 Å². The molecule has 0 radical (unpaired) electrons. The maximum Gasteiger partial charge on any atom is 0.343 e. The molecule has 0 saturated carbocycles. The number of hydrazone groups is 1. The third kappa shape index (κ3) is 10.2. The molecule has 0 aliphatic heterocycles. The van der Waals surface area contributed by atoms with Gasteiger partial charge in [0.15, 0.2) is 0 Å². The second-order valence-electron chi connectivity index (χ2n) is 9.90. The third-order valence-corrected chi connectivity index (χ3v) is 6.85. The highest BCUT2D eigenvalue weighted by molar-refractivity contribution is 6.04. The van der Waals surface area contributed by atoms with E-state index in [1.165, 1.54) is 57.8 Å². The van der Waals surface area contributed by atoms with Crippen LogP contribution in [0.1, 0.15) is 99.9 Å². The Bertz CT molecular complexity index is 1200. The predicted molar refractivity (Wildman–Crippen MR) is 159 cm³/mol. The molecule has 6 heteroatoms. The summed E-state index contributed by atoms with van der Waals surface area (Å²) in [7, 11) is 1.57. The van der Waals surface area contributed by atoms with Crippen molar-refractivity contribution in [3.05, 3.63) is 71.8 Å². The van der Waals surface area contributed by atoms with Crippen molar-refractivity contribution >= 4 is 28.9 Å². The summed E-state index contributed by atoms with van der Waals surface area (Å²) in [6, 6.07) is 18.2. The second kappa shape index (κ2) is 17.0. The SMILES string of the molecule is CCCCCCCCCCCCCC(=O)NN=Cc1c(OC(=O)c2ccc(OC)cc2)ccc2ccccc12. The number of hydrogen-bond donors (Lipinski definition) is 1. The molecule has 1 N–H and O–H groups in total. The maximum atomic E-state index is 12.8. The van der Waals surface area contributed by atoms with Gasteiger partial charge in [-0.2, -0.15) is 5.10 Å². The molecular formula is C33H42N2O4. The fourth-order valence-electron chi connectivity index (χ4n) is 4.56. The molecule has 0 atom stereocenters. The minimum absolute atomic E-state index is 0.112. The Morgan fingerprint density at radius 1 is 0.795 bits per heavy atom. The van der Waals surface area contributed by atoms with Gasteiger partial charge in [-0.25, -0.2) is 10.2 Å². The normalized spacial score (nSPS) is 11.1. The number of esters is 1. The van der Waals surface area contributed by atoms with Gasteiger partial charge in [0, 0.05) is 12.0 Å². The summed E-state index contributed by atoms with van der Waals surface area (Å²) in [4.78, 5) is 25.1. The number of nitrogens with one attached hydrogen (secondary N) is 1. The Kier molecular flexibility index (Phi) is 13.0. The Hall–Kier alpha value is -3.67. The maximum absolute atomic E-state index is 12.8. The molecule has 0 spiro atoms. The summed E-state index contributed by atoms with van der Waals surface area (Å²) in [6.07, 6.45) is 15.7. The molecule has 3 rings (SSSR count). The number of methoxy groups -OCH3 is 1. The van der Waals surface area contributed by atoms with Crippen LogP contribution in [0.5, 0.6) is 11.5 Å². The molecule has 0 aromatic heterocycles. The van der Waals surface area contributed by atoms with E-state index in [0.29, 0.717) is 29.0 Å². The molecule has 39 heavy (non-hydrogen) atoms. The van der Waals surface area contributed by atoms with E-state index in [4.69, 9.17) is 9.47 Å². The van der Waals surface area contributed by atoms with Crippen molar-refractivity contribution in [1.29, 1.82) is 0 Å². The highest BCUT2D eigenvalue weighted by Crippen LogP contribution is 2.27. The van der Waals surface area contributed by atoms with E-state index in [0.717, 1.165) is 23.6 Å². The minimum atomic E-state index is -0.483. The lowest BCUT2D eigenvalue weighted by Gasteiger charge is -2.11. The van der Waals surface area contributed by atoms with Gasteiger partial charge in [-0.05, 0) is 47.5 Å². The predicted octanol–water partition coefficient (Wildman–Crippen LogP) is 8.22. The summed E-state index contributed by atoms with van der Waals surface area (Å²) >= 11 is 0. The molecule has 1 amide bonds. The molecule has 0 bridgehead atoms. The zero-order chi connectivity index (χ0) is 27.7. The van der Waals surface area contributed by atoms with Crippen LogP contribution in [0, 0.1) is 0 Å². The van der Waals surface area contributed by atoms with Crippen molar-refractivity contribution in [3.63, 3.8) is 0 Å². The van der Waals surface area contributed by atoms with E-state index >= 15 is 0 Å². The van der Waals surface area contributed by atoms with Gasteiger partial charge in [0.25, 0.3) is 0 Å². The Morgan fingerprint density at radius 2 is 1.44 bits per heavy atom. The van der Waals surface area contributed by atoms with E-state index in [2.05, 4.69) is 17.5 Å². The standard InChI is InChI=1S/C33H42N2O4/c1-3-4-5-6-7-8-9-10-11-12-13-18-32(36)35-34-25-30-29-17-15-14-16-26(29)21-24-31(30)39-33(37)27-19-22-28(38-2)23-20-27/h14-17,19-25H,3-13,18H2,1-2H3,(H,35,36). The lowest BCUT2D eigenvalue weighted by molar-refractivity contribution is -0.121. The number of benzene rings is 3. The fourth-order valence-corrected chi connectivity index (χ4v) is 4.56. The average molecular weight is 531 g/mol. The average Bonchev–Trinajstić information content (AvgIpc) is 2.96. The molecule has 3 aromatic carbocycles. The molecule has 0 heterocycles. The van der Waals surface area contributed by atoms with Crippen LogP contribution in [-0.2, 0) is 4.79 Å². The molecule has 0 aliphatic carbocycles. The zero-order valence-electron chi connectivity index (χ0n) is 23.4. The third-order valence-electron chi connectivity index (χ3n) is 6.85. The van der Waals surface area contributed by atoms with Crippen molar-refractivity contribution < 1.29 is 19.1 Å². The minimum Gasteiger partial charge on any atom is -0.497 e. The summed E-state index contributed by atoms with van der Waals surface area (Å²) in [5, 5.41) is 6.05. The largest absolute Gasteiger partial charge is 0.497 e. The van der Waals surface area contributed by atoms with Crippen molar-refractivity contribution in [2.24, 2.45) is 5.10 Å². The molecule has 6 nitrogen and oxygen atoms in total. The lowest BCUT2D eigenvalue weighted by atomic mass is 10.0. The van der Waals surface area contributed by atoms with E-state index in [-0.39, 0.29) is 5.91 Å². The second-order valence-corrected chi connectivity index (χ2v) is 9.90. The lowest BCUT2D eigenvalue weighted by Crippen LogP contribution is -2.17. The van der Waals surface area contributed by atoms with Crippen molar-refractivity contribution in [3.8, 4) is 11.5 Å². The number of hydrogen-bond acceptors (Lipinski definition) is 5. The van der Waals surface area contributed by atoms with Gasteiger partial charge in [-0.3, -0.25) is 4.79 Å². The van der Waals surface area contributed by atoms with Gasteiger partial charge in [0.05, 0.1) is 18.9 Å². The quantitative estimate of drug-likeness (QED) is 0.0627. The number of carbonyl (C=O) groups excluding carboxylic acids is 2. The van der Waals surface area contributed by atoms with Gasteiger partial charge in [-0.1, -0.05) is 101 Å². The summed E-state index contributed by atoms with van der Waals surface area (Å²) in [5.74, 6) is 0.439. The highest BCUT2D eigenvalue weighted by Gasteiger charge is 2.14. The van der Waals surface area contributed by atoms with Crippen molar-refractivity contribution in [2.45, 2.75) is 84.0 Å². The van der Waals surface area contributed by atoms with Crippen molar-refractivity contribution in [2.75, 3.05) is 7.11 Å². The van der Waals surface area contributed by atoms with Gasteiger partial charge in [0.1, 0.15) is 11.5 Å². The topological polar surface area (TPSA) is 77.0 Å². The van der Waals surface area contributed by atoms with Crippen LogP contribution < -0.4 is 14.9 Å². The van der Waals surface area contributed by atoms with Gasteiger partial charge in [0.2, 0.25) is 5.91 Å². The fraction of sp³-hybridized carbons (Fsp3) is 0.424. The molecule has 3 aromatic rings. The zero-order valence-corrected chi connectivity index (χ0v) is 23.4. The molecule has 0 aliphatic rings. The molecule has 0 fully saturated rings.